The van der Waals surface area contributed by atoms with E-state index in [1.54, 1.807) is 0 Å². The van der Waals surface area contributed by atoms with Crippen LogP contribution in [0, 0.1) is 0 Å². The molecular weight excluding hydrogens is 736 g/mol. The number of fused-ring (bicyclic) bond motifs is 4. The van der Waals surface area contributed by atoms with E-state index < -0.39 is 8.07 Å². The van der Waals surface area contributed by atoms with Crippen LogP contribution in [0.2, 0.25) is 13.1 Å². The number of nitrogens with zero attached hydrogens (tertiary/aromatic N) is 1. The Hall–Kier alpha value is -4.53. The Morgan fingerprint density at radius 3 is 1.12 bits per heavy atom. The predicted molar refractivity (Wildman–Crippen MR) is 271 cm³/mol. The molecule has 1 nitrogen and oxygen atoms in total. The van der Waals surface area contributed by atoms with E-state index in [0.717, 1.165) is 0 Å². The van der Waals surface area contributed by atoms with Gasteiger partial charge in [-0.15, -0.1) is 0 Å². The van der Waals surface area contributed by atoms with Gasteiger partial charge in [0.2, 0.25) is 13.4 Å². The summed E-state index contributed by atoms with van der Waals surface area (Å²) in [5, 5.41) is 3.01. The minimum Gasteiger partial charge on any atom is -0.311 e. The predicted octanol–water partition coefficient (Wildman–Crippen LogP) is 10.4. The van der Waals surface area contributed by atoms with Gasteiger partial charge in [-0.25, -0.2) is 0 Å². The van der Waals surface area contributed by atoms with Crippen LogP contribution in [0.25, 0.3) is 0 Å². The minimum atomic E-state index is -1.95. The Morgan fingerprint density at radius 2 is 0.733 bits per heavy atom. The monoisotopic (exact) mass is 804 g/mol. The molecule has 0 saturated heterocycles. The number of anilines is 3. The van der Waals surface area contributed by atoms with E-state index in [1.807, 2.05) is 0 Å². The van der Waals surface area contributed by atoms with E-state index >= 15 is 0 Å². The first-order valence-corrected chi connectivity index (χ1v) is 26.1. The molecule has 0 aromatic heterocycles. The van der Waals surface area contributed by atoms with Gasteiger partial charge in [-0.3, -0.25) is 0 Å². The van der Waals surface area contributed by atoms with Crippen LogP contribution in [-0.4, -0.2) is 21.5 Å². The van der Waals surface area contributed by atoms with Crippen LogP contribution in [-0.2, 0) is 0 Å². The van der Waals surface area contributed by atoms with Gasteiger partial charge in [0.25, 0.3) is 0 Å². The quantitative estimate of drug-likeness (QED) is 0.131. The van der Waals surface area contributed by atoms with Crippen molar-refractivity contribution in [3.05, 3.63) is 149 Å². The molecule has 0 bridgehead atoms. The van der Waals surface area contributed by atoms with Crippen LogP contribution >= 0.6 is 0 Å². The second-order valence-electron chi connectivity index (χ2n) is 20.5. The second kappa shape index (κ2) is 16.1. The van der Waals surface area contributed by atoms with E-state index in [0.29, 0.717) is 35.5 Å². The molecule has 6 aromatic rings. The third kappa shape index (κ3) is 6.96. The van der Waals surface area contributed by atoms with Crippen molar-refractivity contribution in [2.24, 2.45) is 0 Å². The maximum absolute atomic E-state index is 2.63. The van der Waals surface area contributed by atoms with Crippen molar-refractivity contribution < 1.29 is 0 Å². The van der Waals surface area contributed by atoms with E-state index in [4.69, 9.17) is 0 Å². The highest BCUT2D eigenvalue weighted by Crippen LogP contribution is 2.38. The lowest BCUT2D eigenvalue weighted by atomic mass is 9.20. The van der Waals surface area contributed by atoms with Crippen molar-refractivity contribution in [2.45, 2.75) is 132 Å². The van der Waals surface area contributed by atoms with Gasteiger partial charge in [0.1, 0.15) is 8.07 Å². The Kier molecular flexibility index (Phi) is 11.3. The lowest BCUT2D eigenvalue weighted by Crippen LogP contribution is -2.76. The Bertz CT molecular complexity index is 2470. The third-order valence-electron chi connectivity index (χ3n) is 14.1. The molecule has 0 amide bonds. The third-order valence-corrected chi connectivity index (χ3v) is 17.7. The fourth-order valence-electron chi connectivity index (χ4n) is 10.8. The highest BCUT2D eigenvalue weighted by Gasteiger charge is 2.44. The zero-order valence-electron chi connectivity index (χ0n) is 39.0. The van der Waals surface area contributed by atoms with Crippen molar-refractivity contribution in [3.63, 3.8) is 0 Å². The largest absolute Gasteiger partial charge is 0.311 e. The van der Waals surface area contributed by atoms with Gasteiger partial charge in [0.15, 0.2) is 0 Å². The average molecular weight is 804 g/mol. The molecule has 2 aliphatic rings. The van der Waals surface area contributed by atoms with Crippen LogP contribution in [0.3, 0.4) is 0 Å². The molecule has 2 heterocycles. The zero-order valence-corrected chi connectivity index (χ0v) is 40.0. The molecule has 306 valence electrons. The molecule has 0 fully saturated rings. The summed E-state index contributed by atoms with van der Waals surface area (Å²) in [4.78, 5) is 2.60. The molecule has 0 N–H and O–H groups in total. The maximum atomic E-state index is 2.63. The fourth-order valence-corrected chi connectivity index (χ4v) is 13.8. The van der Waals surface area contributed by atoms with Crippen LogP contribution in [0.4, 0.5) is 17.1 Å². The molecule has 0 spiro atoms. The van der Waals surface area contributed by atoms with E-state index in [2.05, 4.69) is 216 Å². The minimum absolute atomic E-state index is 0.0874. The first kappa shape index (κ1) is 42.2. The molecule has 2 aliphatic heterocycles. The fraction of sp³-hybridized carbons (Fsp3) is 0.357. The van der Waals surface area contributed by atoms with Crippen molar-refractivity contribution in [3.8, 4) is 0 Å². The second-order valence-corrected chi connectivity index (χ2v) is 24.8. The van der Waals surface area contributed by atoms with Crippen molar-refractivity contribution >= 4 is 81.7 Å². The van der Waals surface area contributed by atoms with Gasteiger partial charge in [0.05, 0.1) is 0 Å². The maximum Gasteiger partial charge on any atom is 0.240 e. The zero-order chi connectivity index (χ0) is 42.9. The van der Waals surface area contributed by atoms with Crippen LogP contribution in [0.5, 0.6) is 0 Å². The average Bonchev–Trinajstić information content (AvgIpc) is 3.21. The molecule has 0 aliphatic carbocycles. The molecule has 0 radical (unpaired) electrons. The summed E-state index contributed by atoms with van der Waals surface area (Å²) in [6.45, 7) is 33.9. The van der Waals surface area contributed by atoms with Gasteiger partial charge in [-0.2, -0.15) is 0 Å². The summed E-state index contributed by atoms with van der Waals surface area (Å²) in [6.07, 6.45) is 0. The molecule has 0 unspecified atom stereocenters. The smallest absolute Gasteiger partial charge is 0.240 e. The molecule has 0 atom stereocenters. The number of rotatable bonds is 9. The van der Waals surface area contributed by atoms with Crippen molar-refractivity contribution in [1.29, 1.82) is 0 Å². The molecule has 8 rings (SSSR count). The van der Waals surface area contributed by atoms with Crippen LogP contribution in [0.15, 0.2) is 115 Å². The SMILES string of the molecule is CC(C)c1cc(C(C)C)c(B2c3ccccc3B(c3c(C(C)C)cc(C(C)C)cc3C(C)C)c3cc(N4c5ccccc5[Si](C)(C)c5ccccc54)ccc32)c(C(C)C)c1. The summed E-state index contributed by atoms with van der Waals surface area (Å²) in [5.74, 6) is 2.46. The van der Waals surface area contributed by atoms with Gasteiger partial charge < -0.3 is 4.90 Å². The highest BCUT2D eigenvalue weighted by molar-refractivity contribution is 7.11. The van der Waals surface area contributed by atoms with Crippen LogP contribution < -0.4 is 48.1 Å². The topological polar surface area (TPSA) is 3.24 Å². The Morgan fingerprint density at radius 1 is 0.383 bits per heavy atom. The number of hydrogen-bond donors (Lipinski definition) is 0. The molecule has 4 heteroatoms. The summed E-state index contributed by atoms with van der Waals surface area (Å²) in [6, 6.07) is 46.0. The lowest BCUT2D eigenvalue weighted by Gasteiger charge is -2.42. The molecule has 60 heavy (non-hydrogen) atoms. The Labute approximate surface area is 365 Å². The van der Waals surface area contributed by atoms with E-state index in [-0.39, 0.29) is 13.4 Å². The first-order chi connectivity index (χ1) is 28.5. The van der Waals surface area contributed by atoms with Crippen molar-refractivity contribution in [1.82, 2.24) is 0 Å². The number of hydrogen-bond acceptors (Lipinski definition) is 1. The standard InChI is InChI=1S/C56H67B2NSi/c1-34(2)40-29-43(36(5)6)55(44(30-40)37(7)8)57-47-21-15-16-22-48(47)58(56-45(38(9)10)31-41(35(3)4)32-46(56)39(11)12)50-33-42(27-28-49(50)57)59-51-23-17-19-25-53(51)60(13,14)54-26-20-18-24-52(54)59/h15-39H,1-14H3. The number of benzene rings is 6. The van der Waals surface area contributed by atoms with Crippen molar-refractivity contribution in [2.75, 3.05) is 4.90 Å². The molecular formula is C56H67B2NSi. The van der Waals surface area contributed by atoms with Gasteiger partial charge in [0, 0.05) is 17.1 Å². The summed E-state index contributed by atoms with van der Waals surface area (Å²) < 4.78 is 0. The Balaban J connectivity index is 1.51. The van der Waals surface area contributed by atoms with Gasteiger partial charge in [-0.1, -0.05) is 220 Å². The summed E-state index contributed by atoms with van der Waals surface area (Å²) in [7, 11) is -1.95. The van der Waals surface area contributed by atoms with E-state index in [9.17, 15) is 0 Å². The van der Waals surface area contributed by atoms with E-state index in [1.165, 1.54) is 93.6 Å². The summed E-state index contributed by atoms with van der Waals surface area (Å²) >= 11 is 0. The molecule has 0 saturated carbocycles. The van der Waals surface area contributed by atoms with Gasteiger partial charge >= 0.3 is 0 Å². The molecule has 6 aromatic carbocycles. The summed E-state index contributed by atoms with van der Waals surface area (Å²) in [5.41, 5.74) is 21.7. The lowest BCUT2D eigenvalue weighted by molar-refractivity contribution is 0.812. The van der Waals surface area contributed by atoms with Crippen LogP contribution in [0.1, 0.15) is 152 Å². The highest BCUT2D eigenvalue weighted by atomic mass is 28.3. The number of para-hydroxylation sites is 2. The normalized spacial score (nSPS) is 14.4. The van der Waals surface area contributed by atoms with Gasteiger partial charge in [-0.05, 0) is 104 Å². The first-order valence-electron chi connectivity index (χ1n) is 23.1.